The molecule has 9 heteroatoms. The van der Waals surface area contributed by atoms with Crippen molar-refractivity contribution in [3.8, 4) is 10.4 Å². The molecule has 1 fully saturated rings. The zero-order valence-electron chi connectivity index (χ0n) is 14.8. The number of nitrogens with one attached hydrogen (secondary N) is 1. The number of benzene rings is 2. The van der Waals surface area contributed by atoms with Gasteiger partial charge in [0.2, 0.25) is 0 Å². The van der Waals surface area contributed by atoms with Crippen LogP contribution in [-0.4, -0.2) is 25.0 Å². The van der Waals surface area contributed by atoms with Gasteiger partial charge in [-0.25, -0.2) is 8.42 Å². The van der Waals surface area contributed by atoms with Crippen molar-refractivity contribution in [2.24, 2.45) is 0 Å². The molecule has 2 atom stereocenters. The average Bonchev–Trinajstić information content (AvgIpc) is 3.16. The number of carboxylic acid groups (broad SMARTS) is 1. The standard InChI is InChI=1S/C20H15BrClNO4S2/c21-14-3-1-2-13(10-14)16-11-20(16,19(24)25)23-29(26,27)18-9-8-17(28-18)12-4-6-15(22)7-5-12/h1-10,16,23H,11H2,(H,24,25). The van der Waals surface area contributed by atoms with Crippen LogP contribution in [0.15, 0.2) is 69.3 Å². The first kappa shape index (κ1) is 20.6. The first-order valence-electron chi connectivity index (χ1n) is 8.60. The van der Waals surface area contributed by atoms with Gasteiger partial charge >= 0.3 is 5.97 Å². The number of hydrogen-bond donors (Lipinski definition) is 2. The lowest BCUT2D eigenvalue weighted by atomic mass is 10.1. The Morgan fingerprint density at radius 2 is 1.90 bits per heavy atom. The molecule has 0 saturated heterocycles. The van der Waals surface area contributed by atoms with Gasteiger partial charge in [-0.1, -0.05) is 51.8 Å². The summed E-state index contributed by atoms with van der Waals surface area (Å²) >= 11 is 10.4. The van der Waals surface area contributed by atoms with E-state index in [1.54, 1.807) is 42.5 Å². The minimum absolute atomic E-state index is 0.0722. The lowest BCUT2D eigenvalue weighted by Gasteiger charge is -2.15. The van der Waals surface area contributed by atoms with E-state index in [1.807, 2.05) is 12.1 Å². The molecule has 2 unspecified atom stereocenters. The Labute approximate surface area is 185 Å². The molecule has 5 nitrogen and oxygen atoms in total. The minimum Gasteiger partial charge on any atom is -0.480 e. The van der Waals surface area contributed by atoms with Gasteiger partial charge in [-0.15, -0.1) is 11.3 Å². The third-order valence-electron chi connectivity index (χ3n) is 4.88. The Kier molecular flexibility index (Phi) is 5.33. The average molecular weight is 513 g/mol. The van der Waals surface area contributed by atoms with Crippen LogP contribution in [0.2, 0.25) is 5.02 Å². The SMILES string of the molecule is O=C(O)C1(NS(=O)(=O)c2ccc(-c3ccc(Cl)cc3)s2)CC1c1cccc(Br)c1. The second-order valence-electron chi connectivity index (χ2n) is 6.82. The highest BCUT2D eigenvalue weighted by Crippen LogP contribution is 2.53. The smallest absolute Gasteiger partial charge is 0.325 e. The molecule has 1 aliphatic carbocycles. The molecule has 0 radical (unpaired) electrons. The summed E-state index contributed by atoms with van der Waals surface area (Å²) in [6.45, 7) is 0. The molecule has 0 amide bonds. The van der Waals surface area contributed by atoms with Gasteiger partial charge in [-0.2, -0.15) is 4.72 Å². The van der Waals surface area contributed by atoms with Crippen molar-refractivity contribution in [1.29, 1.82) is 0 Å². The van der Waals surface area contributed by atoms with E-state index in [1.165, 1.54) is 6.07 Å². The van der Waals surface area contributed by atoms with Crippen LogP contribution in [0.5, 0.6) is 0 Å². The van der Waals surface area contributed by atoms with Crippen molar-refractivity contribution in [1.82, 2.24) is 4.72 Å². The van der Waals surface area contributed by atoms with Gasteiger partial charge in [-0.05, 0) is 53.9 Å². The number of rotatable bonds is 6. The van der Waals surface area contributed by atoms with Crippen LogP contribution in [0.1, 0.15) is 17.9 Å². The molecular weight excluding hydrogens is 498 g/mol. The molecule has 2 aromatic carbocycles. The maximum atomic E-state index is 12.9. The normalized spacial score (nSPS) is 21.1. The second kappa shape index (κ2) is 7.52. The zero-order chi connectivity index (χ0) is 20.8. The molecular formula is C20H15BrClNO4S2. The van der Waals surface area contributed by atoms with Crippen LogP contribution in [0.25, 0.3) is 10.4 Å². The molecule has 150 valence electrons. The zero-order valence-corrected chi connectivity index (χ0v) is 18.8. The van der Waals surface area contributed by atoms with Gasteiger partial charge in [0.05, 0.1) is 0 Å². The van der Waals surface area contributed by atoms with Crippen molar-refractivity contribution in [2.75, 3.05) is 0 Å². The first-order valence-corrected chi connectivity index (χ1v) is 12.1. The van der Waals surface area contributed by atoms with Crippen molar-refractivity contribution in [3.63, 3.8) is 0 Å². The van der Waals surface area contributed by atoms with Gasteiger partial charge < -0.3 is 5.11 Å². The van der Waals surface area contributed by atoms with Gasteiger partial charge in [0.15, 0.2) is 0 Å². The number of sulfonamides is 1. The van der Waals surface area contributed by atoms with E-state index in [9.17, 15) is 18.3 Å². The number of halogens is 2. The number of aliphatic carboxylic acids is 1. The van der Waals surface area contributed by atoms with Gasteiger partial charge in [-0.3, -0.25) is 4.79 Å². The third-order valence-corrected chi connectivity index (χ3v) is 8.77. The first-order chi connectivity index (χ1) is 13.7. The molecule has 3 aromatic rings. The van der Waals surface area contributed by atoms with E-state index in [-0.39, 0.29) is 10.6 Å². The summed E-state index contributed by atoms with van der Waals surface area (Å²) in [7, 11) is -4.00. The van der Waals surface area contributed by atoms with Crippen molar-refractivity contribution in [3.05, 3.63) is 75.7 Å². The molecule has 1 heterocycles. The molecule has 1 aromatic heterocycles. The summed E-state index contributed by atoms with van der Waals surface area (Å²) in [5.74, 6) is -1.61. The molecule has 2 N–H and O–H groups in total. The highest BCUT2D eigenvalue weighted by Gasteiger charge is 2.63. The van der Waals surface area contributed by atoms with Crippen molar-refractivity contribution < 1.29 is 18.3 Å². The lowest BCUT2D eigenvalue weighted by molar-refractivity contribution is -0.140. The van der Waals surface area contributed by atoms with Crippen LogP contribution in [0.3, 0.4) is 0 Å². The van der Waals surface area contributed by atoms with E-state index < -0.39 is 27.4 Å². The highest BCUT2D eigenvalue weighted by atomic mass is 79.9. The third kappa shape index (κ3) is 4.00. The number of thiophene rings is 1. The summed E-state index contributed by atoms with van der Waals surface area (Å²) in [6, 6.07) is 17.5. The number of hydrogen-bond acceptors (Lipinski definition) is 4. The van der Waals surface area contributed by atoms with Gasteiger partial charge in [0.25, 0.3) is 10.0 Å². The van der Waals surface area contributed by atoms with Gasteiger partial charge in [0.1, 0.15) is 9.75 Å². The summed E-state index contributed by atoms with van der Waals surface area (Å²) in [5.41, 5.74) is 0.0779. The fourth-order valence-electron chi connectivity index (χ4n) is 3.31. The van der Waals surface area contributed by atoms with Crippen LogP contribution in [0, 0.1) is 0 Å². The van der Waals surface area contributed by atoms with Crippen LogP contribution in [0.4, 0.5) is 0 Å². The Bertz CT molecular complexity index is 1190. The fourth-order valence-corrected chi connectivity index (χ4v) is 6.56. The van der Waals surface area contributed by atoms with Crippen molar-refractivity contribution in [2.45, 2.75) is 22.1 Å². The largest absolute Gasteiger partial charge is 0.480 e. The van der Waals surface area contributed by atoms with E-state index in [4.69, 9.17) is 11.6 Å². The predicted molar refractivity (Wildman–Crippen MR) is 117 cm³/mol. The van der Waals surface area contributed by atoms with E-state index in [0.717, 1.165) is 31.8 Å². The predicted octanol–water partition coefficient (Wildman–Crippen LogP) is 5.12. The van der Waals surface area contributed by atoms with E-state index in [0.29, 0.717) is 5.02 Å². The Morgan fingerprint density at radius 3 is 2.55 bits per heavy atom. The topological polar surface area (TPSA) is 83.5 Å². The maximum absolute atomic E-state index is 12.9. The van der Waals surface area contributed by atoms with E-state index in [2.05, 4.69) is 20.7 Å². The summed E-state index contributed by atoms with van der Waals surface area (Å²) in [6.07, 6.45) is 0.202. The Hall–Kier alpha value is -1.71. The molecule has 0 bridgehead atoms. The van der Waals surface area contributed by atoms with Crippen LogP contribution < -0.4 is 4.72 Å². The maximum Gasteiger partial charge on any atom is 0.325 e. The van der Waals surface area contributed by atoms with Gasteiger partial charge in [0, 0.05) is 20.3 Å². The van der Waals surface area contributed by atoms with E-state index >= 15 is 0 Å². The van der Waals surface area contributed by atoms with Crippen LogP contribution in [-0.2, 0) is 14.8 Å². The monoisotopic (exact) mass is 511 g/mol. The molecule has 0 spiro atoms. The summed E-state index contributed by atoms with van der Waals surface area (Å²) in [5, 5.41) is 10.4. The molecule has 1 saturated carbocycles. The minimum atomic E-state index is -4.00. The van der Waals surface area contributed by atoms with Crippen LogP contribution >= 0.6 is 38.9 Å². The second-order valence-corrected chi connectivity index (χ2v) is 11.2. The molecule has 1 aliphatic rings. The highest BCUT2D eigenvalue weighted by molar-refractivity contribution is 9.10. The molecule has 29 heavy (non-hydrogen) atoms. The Balaban J connectivity index is 1.61. The summed E-state index contributed by atoms with van der Waals surface area (Å²) in [4.78, 5) is 12.7. The lowest BCUT2D eigenvalue weighted by Crippen LogP contribution is -2.44. The number of carboxylic acids is 1. The molecule has 0 aliphatic heterocycles. The quantitative estimate of drug-likeness (QED) is 0.480. The molecule has 4 rings (SSSR count). The summed E-state index contributed by atoms with van der Waals surface area (Å²) < 4.78 is 29.2. The van der Waals surface area contributed by atoms with Crippen molar-refractivity contribution >= 4 is 54.9 Å². The fraction of sp³-hybridized carbons (Fsp3) is 0.150. The Morgan fingerprint density at radius 1 is 1.17 bits per heavy atom. The number of carbonyl (C=O) groups is 1.